The van der Waals surface area contributed by atoms with Crippen molar-refractivity contribution in [3.63, 3.8) is 0 Å². The quantitative estimate of drug-likeness (QED) is 0.507. The molecule has 0 aromatic heterocycles. The van der Waals surface area contributed by atoms with Crippen molar-refractivity contribution in [1.29, 1.82) is 0 Å². The van der Waals surface area contributed by atoms with E-state index in [4.69, 9.17) is 15.9 Å². The summed E-state index contributed by atoms with van der Waals surface area (Å²) >= 11 is 0. The van der Waals surface area contributed by atoms with Crippen LogP contribution in [0, 0.1) is 12.3 Å². The van der Waals surface area contributed by atoms with Crippen molar-refractivity contribution < 1.29 is 9.47 Å². The Hall–Kier alpha value is -0.560. The van der Waals surface area contributed by atoms with Crippen molar-refractivity contribution in [3.05, 3.63) is 0 Å². The maximum atomic E-state index is 5.54. The first kappa shape index (κ1) is 12.5. The molecule has 3 atom stereocenters. The van der Waals surface area contributed by atoms with E-state index in [-0.39, 0.29) is 12.2 Å². The first-order chi connectivity index (χ1) is 7.33. The molecular formula is C12H21NO2. The Morgan fingerprint density at radius 2 is 2.33 bits per heavy atom. The van der Waals surface area contributed by atoms with Crippen LogP contribution in [0.1, 0.15) is 26.2 Å². The maximum absolute atomic E-state index is 5.54. The molecule has 3 unspecified atom stereocenters. The zero-order chi connectivity index (χ0) is 11.1. The second-order valence-corrected chi connectivity index (χ2v) is 3.80. The zero-order valence-electron chi connectivity index (χ0n) is 9.66. The standard InChI is InChI=1S/C12H21NO2/c1-4-6-7-8-13-10-9-11(15-5-2)12(10)14-3/h1,10-13H,5-9H2,2-3H3. The lowest BCUT2D eigenvalue weighted by Crippen LogP contribution is -2.59. The minimum Gasteiger partial charge on any atom is -0.377 e. The molecule has 0 radical (unpaired) electrons. The molecule has 1 fully saturated rings. The molecule has 0 aromatic rings. The lowest BCUT2D eigenvalue weighted by molar-refractivity contribution is -0.131. The van der Waals surface area contributed by atoms with Crippen molar-refractivity contribution in [2.24, 2.45) is 0 Å². The van der Waals surface area contributed by atoms with Crippen molar-refractivity contribution in [3.8, 4) is 12.3 Å². The van der Waals surface area contributed by atoms with E-state index >= 15 is 0 Å². The average molecular weight is 211 g/mol. The molecule has 3 nitrogen and oxygen atoms in total. The molecule has 1 rings (SSSR count). The number of hydrogen-bond acceptors (Lipinski definition) is 3. The highest BCUT2D eigenvalue weighted by molar-refractivity contribution is 4.97. The summed E-state index contributed by atoms with van der Waals surface area (Å²) in [4.78, 5) is 0. The predicted molar refractivity (Wildman–Crippen MR) is 60.7 cm³/mol. The Kier molecular flexibility index (Phi) is 5.70. The molecule has 1 aliphatic rings. The van der Waals surface area contributed by atoms with Crippen LogP contribution in [0.15, 0.2) is 0 Å². The minimum atomic E-state index is 0.204. The average Bonchev–Trinajstić information content (AvgIpc) is 2.21. The molecular weight excluding hydrogens is 190 g/mol. The van der Waals surface area contributed by atoms with Gasteiger partial charge in [-0.2, -0.15) is 0 Å². The summed E-state index contributed by atoms with van der Waals surface area (Å²) in [7, 11) is 1.74. The lowest BCUT2D eigenvalue weighted by Gasteiger charge is -2.43. The number of ether oxygens (including phenoxy) is 2. The molecule has 1 saturated carbocycles. The molecule has 1 N–H and O–H groups in total. The Labute approximate surface area is 92.5 Å². The Morgan fingerprint density at radius 1 is 1.53 bits per heavy atom. The normalized spacial score (nSPS) is 29.5. The van der Waals surface area contributed by atoms with Gasteiger partial charge in [0, 0.05) is 26.2 Å². The van der Waals surface area contributed by atoms with E-state index in [1.165, 1.54) is 0 Å². The number of hydrogen-bond donors (Lipinski definition) is 1. The third-order valence-corrected chi connectivity index (χ3v) is 2.81. The highest BCUT2D eigenvalue weighted by Gasteiger charge is 2.41. The fourth-order valence-corrected chi connectivity index (χ4v) is 1.95. The van der Waals surface area contributed by atoms with Crippen LogP contribution in [0.5, 0.6) is 0 Å². The van der Waals surface area contributed by atoms with Crippen LogP contribution < -0.4 is 5.32 Å². The largest absolute Gasteiger partial charge is 0.377 e. The zero-order valence-corrected chi connectivity index (χ0v) is 9.66. The third kappa shape index (κ3) is 3.49. The molecule has 0 saturated heterocycles. The van der Waals surface area contributed by atoms with Crippen LogP contribution in [0.25, 0.3) is 0 Å². The second kappa shape index (κ2) is 6.84. The van der Waals surface area contributed by atoms with E-state index in [0.29, 0.717) is 6.04 Å². The summed E-state index contributed by atoms with van der Waals surface area (Å²) in [5, 5.41) is 3.44. The van der Waals surface area contributed by atoms with Gasteiger partial charge in [-0.15, -0.1) is 12.3 Å². The maximum Gasteiger partial charge on any atom is 0.0986 e. The summed E-state index contributed by atoms with van der Waals surface area (Å²) in [6.45, 7) is 3.74. The van der Waals surface area contributed by atoms with Gasteiger partial charge in [0.1, 0.15) is 0 Å². The molecule has 0 heterocycles. The van der Waals surface area contributed by atoms with Crippen LogP contribution in [-0.2, 0) is 9.47 Å². The Balaban J connectivity index is 2.13. The van der Waals surface area contributed by atoms with Gasteiger partial charge in [0.15, 0.2) is 0 Å². The molecule has 0 aliphatic heterocycles. The van der Waals surface area contributed by atoms with Gasteiger partial charge in [-0.1, -0.05) is 0 Å². The Bertz CT molecular complexity index is 212. The van der Waals surface area contributed by atoms with Crippen molar-refractivity contribution in [2.75, 3.05) is 20.3 Å². The van der Waals surface area contributed by atoms with E-state index in [0.717, 1.165) is 32.4 Å². The predicted octanol–water partition coefficient (Wildman–Crippen LogP) is 1.18. The fraction of sp³-hybridized carbons (Fsp3) is 0.833. The molecule has 1 aliphatic carbocycles. The number of terminal acetylenes is 1. The van der Waals surface area contributed by atoms with Gasteiger partial charge in [0.2, 0.25) is 0 Å². The third-order valence-electron chi connectivity index (χ3n) is 2.81. The van der Waals surface area contributed by atoms with Crippen molar-refractivity contribution in [2.45, 2.75) is 44.4 Å². The van der Waals surface area contributed by atoms with Gasteiger partial charge in [0.25, 0.3) is 0 Å². The topological polar surface area (TPSA) is 30.5 Å². The van der Waals surface area contributed by atoms with E-state index in [2.05, 4.69) is 11.2 Å². The molecule has 3 heteroatoms. The second-order valence-electron chi connectivity index (χ2n) is 3.80. The smallest absolute Gasteiger partial charge is 0.0986 e. The van der Waals surface area contributed by atoms with E-state index < -0.39 is 0 Å². The molecule has 0 bridgehead atoms. The van der Waals surface area contributed by atoms with Gasteiger partial charge in [-0.25, -0.2) is 0 Å². The molecule has 0 aromatic carbocycles. The number of unbranched alkanes of at least 4 members (excludes halogenated alkanes) is 1. The summed E-state index contributed by atoms with van der Waals surface area (Å²) < 4.78 is 10.9. The SMILES string of the molecule is C#CCCCNC1CC(OCC)C1OC. The summed E-state index contributed by atoms with van der Waals surface area (Å²) in [5.41, 5.74) is 0. The molecule has 0 spiro atoms. The van der Waals surface area contributed by atoms with Gasteiger partial charge >= 0.3 is 0 Å². The van der Waals surface area contributed by atoms with Gasteiger partial charge in [-0.3, -0.25) is 0 Å². The molecule has 15 heavy (non-hydrogen) atoms. The highest BCUT2D eigenvalue weighted by atomic mass is 16.5. The summed E-state index contributed by atoms with van der Waals surface area (Å²) in [6, 6.07) is 0.435. The van der Waals surface area contributed by atoms with Crippen LogP contribution in [0.4, 0.5) is 0 Å². The van der Waals surface area contributed by atoms with E-state index in [1.807, 2.05) is 6.92 Å². The monoisotopic (exact) mass is 211 g/mol. The first-order valence-corrected chi connectivity index (χ1v) is 5.64. The van der Waals surface area contributed by atoms with Crippen LogP contribution in [0.3, 0.4) is 0 Å². The fourth-order valence-electron chi connectivity index (χ4n) is 1.95. The Morgan fingerprint density at radius 3 is 2.93 bits per heavy atom. The highest BCUT2D eigenvalue weighted by Crippen LogP contribution is 2.26. The first-order valence-electron chi connectivity index (χ1n) is 5.64. The van der Waals surface area contributed by atoms with Gasteiger partial charge < -0.3 is 14.8 Å². The van der Waals surface area contributed by atoms with Gasteiger partial charge in [0.05, 0.1) is 12.2 Å². The van der Waals surface area contributed by atoms with Crippen molar-refractivity contribution in [1.82, 2.24) is 5.32 Å². The van der Waals surface area contributed by atoms with Crippen LogP contribution in [0.2, 0.25) is 0 Å². The summed E-state index contributed by atoms with van der Waals surface area (Å²) in [5.74, 6) is 2.64. The van der Waals surface area contributed by atoms with E-state index in [1.54, 1.807) is 7.11 Å². The minimum absolute atomic E-state index is 0.204. The molecule has 0 amide bonds. The molecule has 86 valence electrons. The summed E-state index contributed by atoms with van der Waals surface area (Å²) in [6.07, 6.45) is 8.57. The number of rotatable bonds is 7. The van der Waals surface area contributed by atoms with E-state index in [9.17, 15) is 0 Å². The lowest BCUT2D eigenvalue weighted by atomic mass is 9.85. The van der Waals surface area contributed by atoms with Gasteiger partial charge in [-0.05, 0) is 26.3 Å². The number of nitrogens with one attached hydrogen (secondary N) is 1. The van der Waals surface area contributed by atoms with Crippen molar-refractivity contribution >= 4 is 0 Å². The van der Waals surface area contributed by atoms with Crippen LogP contribution >= 0.6 is 0 Å². The van der Waals surface area contributed by atoms with Crippen LogP contribution in [-0.4, -0.2) is 38.5 Å². The number of methoxy groups -OCH3 is 1.